The summed E-state index contributed by atoms with van der Waals surface area (Å²) in [5.41, 5.74) is 0.988. The second kappa shape index (κ2) is 6.62. The normalized spacial score (nSPS) is 11.8. The number of amides is 2. The Morgan fingerprint density at radius 1 is 1.32 bits per heavy atom. The molecule has 0 saturated carbocycles. The monoisotopic (exact) mass is 320 g/mol. The molecule has 0 bridgehead atoms. The number of carbonyl (C=O) groups excluding carboxylic acids is 2. The minimum Gasteiger partial charge on any atom is -0.347 e. The molecule has 2 amide bonds. The number of hydrogen-bond acceptors (Lipinski definition) is 3. The lowest BCUT2D eigenvalue weighted by molar-refractivity contribution is -0.130. The number of aromatic nitrogens is 2. The van der Waals surface area contributed by atoms with Gasteiger partial charge in [-0.2, -0.15) is 5.10 Å². The minimum atomic E-state index is -0.612. The lowest BCUT2D eigenvalue weighted by Crippen LogP contribution is -2.44. The van der Waals surface area contributed by atoms with E-state index in [1.807, 2.05) is 6.07 Å². The Kier molecular flexibility index (Phi) is 4.82. The van der Waals surface area contributed by atoms with E-state index < -0.39 is 11.9 Å². The van der Waals surface area contributed by atoms with Gasteiger partial charge in [-0.3, -0.25) is 9.59 Å². The minimum absolute atomic E-state index is 0.178. The summed E-state index contributed by atoms with van der Waals surface area (Å²) in [5, 5.41) is 7.41. The Balaban J connectivity index is 2.11. The molecule has 1 aromatic heterocycles. The first-order valence-electron chi connectivity index (χ1n) is 6.72. The summed E-state index contributed by atoms with van der Waals surface area (Å²) in [7, 11) is 3.28. The van der Waals surface area contributed by atoms with Crippen molar-refractivity contribution in [3.05, 3.63) is 47.2 Å². The van der Waals surface area contributed by atoms with Crippen LogP contribution in [-0.2, 0) is 4.79 Å². The third-order valence-electron chi connectivity index (χ3n) is 3.05. The molecule has 1 aromatic carbocycles. The van der Waals surface area contributed by atoms with Crippen LogP contribution in [0.2, 0.25) is 5.02 Å². The standard InChI is InChI=1S/C15H17ClN4O2/c1-10(15(22)19(2)3)17-14(21)13-7-8-20(18-13)12-6-4-5-11(16)9-12/h4-10H,1-3H3,(H,17,21)/t10-/m0/s1. The Morgan fingerprint density at radius 2 is 2.05 bits per heavy atom. The van der Waals surface area contributed by atoms with E-state index in [-0.39, 0.29) is 11.6 Å². The number of benzene rings is 1. The summed E-state index contributed by atoms with van der Waals surface area (Å²) in [4.78, 5) is 25.3. The SMILES string of the molecule is C[C@H](NC(=O)c1ccn(-c2cccc(Cl)c2)n1)C(=O)N(C)C. The summed E-state index contributed by atoms with van der Waals surface area (Å²) in [6.45, 7) is 1.63. The molecule has 116 valence electrons. The Bertz CT molecular complexity index is 696. The predicted octanol–water partition coefficient (Wildman–Crippen LogP) is 1.73. The molecule has 1 heterocycles. The molecule has 7 heteroatoms. The zero-order chi connectivity index (χ0) is 16.3. The highest BCUT2D eigenvalue weighted by atomic mass is 35.5. The number of rotatable bonds is 4. The molecule has 1 N–H and O–H groups in total. The van der Waals surface area contributed by atoms with Gasteiger partial charge in [0.2, 0.25) is 5.91 Å². The van der Waals surface area contributed by atoms with Crippen molar-refractivity contribution in [1.82, 2.24) is 20.0 Å². The van der Waals surface area contributed by atoms with Crippen molar-refractivity contribution in [2.24, 2.45) is 0 Å². The number of nitrogens with one attached hydrogen (secondary N) is 1. The first-order valence-corrected chi connectivity index (χ1v) is 7.10. The zero-order valence-corrected chi connectivity index (χ0v) is 13.3. The van der Waals surface area contributed by atoms with Crippen molar-refractivity contribution in [1.29, 1.82) is 0 Å². The fraction of sp³-hybridized carbons (Fsp3) is 0.267. The van der Waals surface area contributed by atoms with Crippen molar-refractivity contribution in [3.8, 4) is 5.69 Å². The highest BCUT2D eigenvalue weighted by Crippen LogP contribution is 2.14. The van der Waals surface area contributed by atoms with Gasteiger partial charge in [0.15, 0.2) is 5.69 Å². The van der Waals surface area contributed by atoms with E-state index in [9.17, 15) is 9.59 Å². The molecule has 22 heavy (non-hydrogen) atoms. The van der Waals surface area contributed by atoms with Gasteiger partial charge < -0.3 is 10.2 Å². The van der Waals surface area contributed by atoms with Crippen LogP contribution >= 0.6 is 11.6 Å². The van der Waals surface area contributed by atoms with E-state index in [0.717, 1.165) is 5.69 Å². The van der Waals surface area contributed by atoms with E-state index in [1.165, 1.54) is 4.90 Å². The Hall–Kier alpha value is -2.34. The lowest BCUT2D eigenvalue weighted by atomic mass is 10.3. The molecule has 0 unspecified atom stereocenters. The largest absolute Gasteiger partial charge is 0.347 e. The van der Waals surface area contributed by atoms with Gasteiger partial charge in [-0.25, -0.2) is 4.68 Å². The number of nitrogens with zero attached hydrogens (tertiary/aromatic N) is 3. The van der Waals surface area contributed by atoms with Crippen LogP contribution in [0.15, 0.2) is 36.5 Å². The molecule has 0 aliphatic heterocycles. The fourth-order valence-electron chi connectivity index (χ4n) is 1.93. The van der Waals surface area contributed by atoms with Gasteiger partial charge in [-0.05, 0) is 31.2 Å². The van der Waals surface area contributed by atoms with Gasteiger partial charge in [-0.15, -0.1) is 0 Å². The smallest absolute Gasteiger partial charge is 0.272 e. The molecule has 1 atom stereocenters. The van der Waals surface area contributed by atoms with Gasteiger partial charge in [0.05, 0.1) is 5.69 Å². The van der Waals surface area contributed by atoms with Gasteiger partial charge in [0.1, 0.15) is 6.04 Å². The van der Waals surface area contributed by atoms with Crippen LogP contribution < -0.4 is 5.32 Å². The van der Waals surface area contributed by atoms with Gasteiger partial charge >= 0.3 is 0 Å². The average molecular weight is 321 g/mol. The highest BCUT2D eigenvalue weighted by Gasteiger charge is 2.19. The maximum atomic E-state index is 12.1. The average Bonchev–Trinajstić information content (AvgIpc) is 2.96. The summed E-state index contributed by atoms with van der Waals surface area (Å²) < 4.78 is 1.55. The number of halogens is 1. The number of hydrogen-bond donors (Lipinski definition) is 1. The molecule has 0 saturated heterocycles. The zero-order valence-electron chi connectivity index (χ0n) is 12.6. The topological polar surface area (TPSA) is 67.2 Å². The van der Waals surface area contributed by atoms with E-state index in [2.05, 4.69) is 10.4 Å². The molecule has 0 spiro atoms. The molecular formula is C15H17ClN4O2. The van der Waals surface area contributed by atoms with Crippen molar-refractivity contribution in [3.63, 3.8) is 0 Å². The quantitative estimate of drug-likeness (QED) is 0.933. The first kappa shape index (κ1) is 16.0. The third-order valence-corrected chi connectivity index (χ3v) is 3.29. The van der Waals surface area contributed by atoms with E-state index >= 15 is 0 Å². The molecule has 0 aliphatic carbocycles. The molecule has 0 fully saturated rings. The van der Waals surface area contributed by atoms with Gasteiger partial charge in [0, 0.05) is 25.3 Å². The number of likely N-dealkylation sites (N-methyl/N-ethyl adjacent to an activating group) is 1. The maximum Gasteiger partial charge on any atom is 0.272 e. The van der Waals surface area contributed by atoms with Crippen LogP contribution in [0.25, 0.3) is 5.69 Å². The molecule has 0 aliphatic rings. The van der Waals surface area contributed by atoms with Crippen molar-refractivity contribution < 1.29 is 9.59 Å². The Morgan fingerprint density at radius 3 is 2.68 bits per heavy atom. The van der Waals surface area contributed by atoms with Crippen LogP contribution in [0, 0.1) is 0 Å². The van der Waals surface area contributed by atoms with Crippen LogP contribution in [0.5, 0.6) is 0 Å². The van der Waals surface area contributed by atoms with Crippen LogP contribution in [0.4, 0.5) is 0 Å². The van der Waals surface area contributed by atoms with Crippen molar-refractivity contribution >= 4 is 23.4 Å². The fourth-order valence-corrected chi connectivity index (χ4v) is 2.11. The van der Waals surface area contributed by atoms with E-state index in [1.54, 1.807) is 56.2 Å². The second-order valence-electron chi connectivity index (χ2n) is 5.05. The van der Waals surface area contributed by atoms with Crippen LogP contribution in [-0.4, -0.2) is 46.6 Å². The predicted molar refractivity (Wildman–Crippen MR) is 84.2 cm³/mol. The first-order chi connectivity index (χ1) is 10.4. The number of carbonyl (C=O) groups is 2. The summed E-state index contributed by atoms with van der Waals surface area (Å²) in [6, 6.07) is 8.11. The van der Waals surface area contributed by atoms with Gasteiger partial charge in [-0.1, -0.05) is 17.7 Å². The van der Waals surface area contributed by atoms with E-state index in [0.29, 0.717) is 5.02 Å². The lowest BCUT2D eigenvalue weighted by Gasteiger charge is -2.17. The van der Waals surface area contributed by atoms with E-state index in [4.69, 9.17) is 11.6 Å². The van der Waals surface area contributed by atoms with Crippen LogP contribution in [0.1, 0.15) is 17.4 Å². The molecule has 0 radical (unpaired) electrons. The molecule has 2 aromatic rings. The summed E-state index contributed by atoms with van der Waals surface area (Å²) in [6.07, 6.45) is 1.67. The molecule has 6 nitrogen and oxygen atoms in total. The second-order valence-corrected chi connectivity index (χ2v) is 5.49. The molecular weight excluding hydrogens is 304 g/mol. The highest BCUT2D eigenvalue weighted by molar-refractivity contribution is 6.30. The maximum absolute atomic E-state index is 12.1. The van der Waals surface area contributed by atoms with Crippen molar-refractivity contribution in [2.45, 2.75) is 13.0 Å². The van der Waals surface area contributed by atoms with Gasteiger partial charge in [0.25, 0.3) is 5.91 Å². The summed E-state index contributed by atoms with van der Waals surface area (Å²) in [5.74, 6) is -0.578. The third kappa shape index (κ3) is 3.65. The van der Waals surface area contributed by atoms with Crippen molar-refractivity contribution in [2.75, 3.05) is 14.1 Å². The van der Waals surface area contributed by atoms with Crippen LogP contribution in [0.3, 0.4) is 0 Å². The summed E-state index contributed by atoms with van der Waals surface area (Å²) >= 11 is 5.93. The Labute approximate surface area is 133 Å². The molecule has 2 rings (SSSR count).